The number of benzene rings is 5. The maximum atomic E-state index is 13.3. The molecule has 1 saturated heterocycles. The Morgan fingerprint density at radius 2 is 0.987 bits per heavy atom. The van der Waals surface area contributed by atoms with Crippen LogP contribution in [0.1, 0.15) is 70.1 Å². The molecule has 8 aromatic rings. The zero-order valence-corrected chi connectivity index (χ0v) is 46.6. The molecular formula is C62H58N2O7S5. The Hall–Kier alpha value is -6.68. The predicted octanol–water partition coefficient (Wildman–Crippen LogP) is 17.7. The lowest BCUT2D eigenvalue weighted by atomic mass is 10.1. The molecule has 3 aromatic heterocycles. The first-order chi connectivity index (χ1) is 37.4. The molecule has 2 aliphatic rings. The summed E-state index contributed by atoms with van der Waals surface area (Å²) in [7, 11) is 0. The van der Waals surface area contributed by atoms with Gasteiger partial charge in [-0.05, 0) is 156 Å². The number of nitrogens with zero attached hydrogens (tertiary/aromatic N) is 2. The summed E-state index contributed by atoms with van der Waals surface area (Å²) in [6, 6.07) is 51.8. The Labute approximate surface area is 466 Å². The number of thioether (sulfide) groups is 1. The van der Waals surface area contributed by atoms with Crippen LogP contribution in [-0.2, 0) is 14.3 Å². The topological polar surface area (TPSA) is 86.8 Å². The van der Waals surface area contributed by atoms with Crippen molar-refractivity contribution in [1.82, 2.24) is 4.90 Å². The minimum atomic E-state index is -0.330. The molecule has 14 heteroatoms. The number of thiocarbonyl (C=S) groups is 1. The lowest BCUT2D eigenvalue weighted by Crippen LogP contribution is -2.30. The number of unbranched alkanes of at least 4 members (excludes halogenated alkanes) is 6. The highest BCUT2D eigenvalue weighted by atomic mass is 32.2. The van der Waals surface area contributed by atoms with Crippen LogP contribution in [0.3, 0.4) is 0 Å². The Kier molecular flexibility index (Phi) is 17.7. The van der Waals surface area contributed by atoms with Crippen molar-refractivity contribution in [2.45, 2.75) is 65.2 Å². The molecule has 0 unspecified atom stereocenters. The largest absolute Gasteiger partial charge is 0.494 e. The molecule has 1 fully saturated rings. The highest BCUT2D eigenvalue weighted by molar-refractivity contribution is 8.26. The minimum absolute atomic E-state index is 0.237. The van der Waals surface area contributed by atoms with Crippen molar-refractivity contribution in [3.63, 3.8) is 0 Å². The van der Waals surface area contributed by atoms with E-state index in [1.165, 1.54) is 85.4 Å². The van der Waals surface area contributed by atoms with Crippen molar-refractivity contribution in [2.24, 2.45) is 0 Å². The third kappa shape index (κ3) is 12.4. The molecule has 388 valence electrons. The van der Waals surface area contributed by atoms with Crippen molar-refractivity contribution in [3.05, 3.63) is 155 Å². The number of hydrogen-bond acceptors (Lipinski definition) is 13. The smallest absolute Gasteiger partial charge is 0.294 e. The summed E-state index contributed by atoms with van der Waals surface area (Å²) in [5.74, 6) is 2.73. The van der Waals surface area contributed by atoms with Gasteiger partial charge in [0.25, 0.3) is 12.4 Å². The number of amides is 1. The van der Waals surface area contributed by atoms with E-state index in [2.05, 4.69) is 164 Å². The van der Waals surface area contributed by atoms with Gasteiger partial charge in [0.2, 0.25) is 0 Å². The molecule has 2 aliphatic heterocycles. The van der Waals surface area contributed by atoms with Crippen LogP contribution in [0.4, 0.5) is 17.1 Å². The van der Waals surface area contributed by atoms with Gasteiger partial charge in [-0.15, -0.1) is 34.0 Å². The van der Waals surface area contributed by atoms with Crippen LogP contribution in [0.25, 0.3) is 58.3 Å². The van der Waals surface area contributed by atoms with Crippen LogP contribution in [0.15, 0.2) is 150 Å². The van der Waals surface area contributed by atoms with Gasteiger partial charge in [0, 0.05) is 36.6 Å². The normalized spacial score (nSPS) is 13.6. The number of ether oxygens (including phenoxy) is 5. The van der Waals surface area contributed by atoms with Crippen molar-refractivity contribution < 1.29 is 33.3 Å². The molecule has 0 N–H and O–H groups in total. The first-order valence-corrected chi connectivity index (χ1v) is 29.6. The van der Waals surface area contributed by atoms with E-state index in [4.69, 9.17) is 35.9 Å². The predicted molar refractivity (Wildman–Crippen MR) is 319 cm³/mol. The van der Waals surface area contributed by atoms with Crippen LogP contribution in [0.5, 0.6) is 23.0 Å². The molecule has 0 radical (unpaired) electrons. The summed E-state index contributed by atoms with van der Waals surface area (Å²) in [6.07, 6.45) is 11.3. The van der Waals surface area contributed by atoms with Crippen LogP contribution in [-0.4, -0.2) is 54.8 Å². The maximum Gasteiger partial charge on any atom is 0.294 e. The summed E-state index contributed by atoms with van der Waals surface area (Å²) >= 11 is 11.7. The van der Waals surface area contributed by atoms with E-state index < -0.39 is 0 Å². The fourth-order valence-corrected chi connectivity index (χ4v) is 13.5. The number of fused-ring (bicyclic) bond motifs is 1. The molecular weight excluding hydrogens is 1050 g/mol. The Morgan fingerprint density at radius 1 is 0.553 bits per heavy atom. The summed E-state index contributed by atoms with van der Waals surface area (Å²) < 4.78 is 29.6. The van der Waals surface area contributed by atoms with Crippen molar-refractivity contribution >= 4 is 97.8 Å². The van der Waals surface area contributed by atoms with Gasteiger partial charge in [-0.25, -0.2) is 0 Å². The fourth-order valence-electron chi connectivity index (χ4n) is 9.02. The molecule has 0 saturated carbocycles. The van der Waals surface area contributed by atoms with E-state index in [1.807, 2.05) is 0 Å². The van der Waals surface area contributed by atoms with Gasteiger partial charge in [0.15, 0.2) is 22.6 Å². The highest BCUT2D eigenvalue weighted by Gasteiger charge is 2.34. The summed E-state index contributed by atoms with van der Waals surface area (Å²) in [4.78, 5) is 34.5. The van der Waals surface area contributed by atoms with Crippen LogP contribution in [0.2, 0.25) is 0 Å². The minimum Gasteiger partial charge on any atom is -0.494 e. The van der Waals surface area contributed by atoms with E-state index in [0.717, 1.165) is 92.8 Å². The van der Waals surface area contributed by atoms with Crippen LogP contribution < -0.4 is 23.8 Å². The molecule has 5 heterocycles. The van der Waals surface area contributed by atoms with Gasteiger partial charge < -0.3 is 28.6 Å². The monoisotopic (exact) mass is 1100 g/mol. The lowest BCUT2D eigenvalue weighted by molar-refractivity contribution is -0.135. The molecule has 0 aliphatic carbocycles. The highest BCUT2D eigenvalue weighted by Crippen LogP contribution is 2.52. The molecule has 10 rings (SSSR count). The quantitative estimate of drug-likeness (QED) is 0.0252. The number of rotatable bonds is 24. The van der Waals surface area contributed by atoms with Crippen molar-refractivity contribution in [2.75, 3.05) is 38.1 Å². The van der Waals surface area contributed by atoms with E-state index in [9.17, 15) is 9.59 Å². The first kappa shape index (κ1) is 52.7. The second-order valence-corrected chi connectivity index (χ2v) is 23.2. The van der Waals surface area contributed by atoms with E-state index >= 15 is 0 Å². The summed E-state index contributed by atoms with van der Waals surface area (Å²) in [6.45, 7) is 6.80. The van der Waals surface area contributed by atoms with Gasteiger partial charge >= 0.3 is 0 Å². The third-order valence-electron chi connectivity index (χ3n) is 13.1. The number of carbonyl (C=O) groups is 2. The lowest BCUT2D eigenvalue weighted by Gasteiger charge is -2.26. The third-order valence-corrected chi connectivity index (χ3v) is 18.0. The number of anilines is 3. The average Bonchev–Trinajstić information content (AvgIpc) is 4.28. The Morgan fingerprint density at radius 3 is 1.43 bits per heavy atom. The van der Waals surface area contributed by atoms with Gasteiger partial charge in [-0.1, -0.05) is 113 Å². The standard InChI is InChI=1S/C62H58N2O7S5/c1-3-5-7-9-35-68-50-27-17-44(18-28-50)54-33-31-52(73-54)42-11-21-47(22-12-42)64(48-23-13-43(14-24-48)53-32-34-55(74-53)45-19-29-51(30-20-45)69-36-10-8-6-4-2)49-25-15-46(16-26-49)60-59-58(70-37-38-71-59)56(75-60)39-57-61(66)63(40-67-41-65)62(72)76-57/h11-34,39,41H,3-10,35-38,40H2,1-2H3. The molecule has 0 spiro atoms. The van der Waals surface area contributed by atoms with Gasteiger partial charge in [-0.2, -0.15) is 0 Å². The number of carbonyl (C=O) groups excluding carboxylic acids is 2. The number of hydrogen-bond donors (Lipinski definition) is 0. The zero-order valence-electron chi connectivity index (χ0n) is 42.5. The maximum absolute atomic E-state index is 13.3. The van der Waals surface area contributed by atoms with Crippen molar-refractivity contribution in [1.29, 1.82) is 0 Å². The summed E-state index contributed by atoms with van der Waals surface area (Å²) in [5, 5.41) is 0. The van der Waals surface area contributed by atoms with E-state index in [0.29, 0.717) is 40.4 Å². The van der Waals surface area contributed by atoms with E-state index in [1.54, 1.807) is 28.7 Å². The summed E-state index contributed by atoms with van der Waals surface area (Å²) in [5.41, 5.74) is 8.60. The molecule has 9 nitrogen and oxygen atoms in total. The van der Waals surface area contributed by atoms with Crippen LogP contribution in [0, 0.1) is 0 Å². The van der Waals surface area contributed by atoms with Crippen LogP contribution >= 0.6 is 58.0 Å². The molecule has 0 bridgehead atoms. The molecule has 76 heavy (non-hydrogen) atoms. The van der Waals surface area contributed by atoms with Gasteiger partial charge in [0.1, 0.15) is 24.7 Å². The van der Waals surface area contributed by atoms with E-state index in [-0.39, 0.29) is 12.6 Å². The fraction of sp³-hybridized carbons (Fsp3) is 0.242. The zero-order chi connectivity index (χ0) is 52.2. The number of thiophene rings is 3. The first-order valence-electron chi connectivity index (χ1n) is 25.9. The second-order valence-electron chi connectivity index (χ2n) is 18.3. The molecule has 0 atom stereocenters. The van der Waals surface area contributed by atoms with Gasteiger partial charge in [-0.3, -0.25) is 14.5 Å². The van der Waals surface area contributed by atoms with Gasteiger partial charge in [0.05, 0.1) is 27.9 Å². The molecule has 1 amide bonds. The Balaban J connectivity index is 0.910. The SMILES string of the molecule is CCCCCCOc1ccc(-c2ccc(-c3ccc(N(c4ccc(-c5ccc(-c6ccc(OCCCCCC)cc6)s5)cc4)c4ccc(-c5sc(C=C6SC(=S)N(COC=O)C6=O)c6c5OCCO6)cc4)cc3)s2)cc1. The Bertz CT molecular complexity index is 3130. The second kappa shape index (κ2) is 25.4. The molecule has 5 aromatic carbocycles. The van der Waals surface area contributed by atoms with Crippen molar-refractivity contribution in [3.8, 4) is 75.2 Å². The average molecular weight is 1100 g/mol.